The second kappa shape index (κ2) is 3.53. The standard InChI is InChI=1S/C9H9N3O2/c1-14-9(13)5-6-2-3-7-8(4-6)11-12-10-7/h2-3H,4-5H2,1H3. The van der Waals surface area contributed by atoms with Gasteiger partial charge in [-0.15, -0.1) is 10.2 Å². The van der Waals surface area contributed by atoms with Crippen molar-refractivity contribution in [1.82, 2.24) is 0 Å². The van der Waals surface area contributed by atoms with Gasteiger partial charge in [0.2, 0.25) is 0 Å². The van der Waals surface area contributed by atoms with Crippen LogP contribution < -0.4 is 0 Å². The van der Waals surface area contributed by atoms with Gasteiger partial charge in [-0.3, -0.25) is 4.79 Å². The Labute approximate surface area is 80.9 Å². The molecular weight excluding hydrogens is 182 g/mol. The van der Waals surface area contributed by atoms with E-state index in [9.17, 15) is 4.79 Å². The number of ether oxygens (including phenoxy) is 1. The van der Waals surface area contributed by atoms with Gasteiger partial charge in [0.1, 0.15) is 5.70 Å². The molecule has 0 radical (unpaired) electrons. The summed E-state index contributed by atoms with van der Waals surface area (Å²) in [6.07, 6.45) is 4.62. The molecule has 0 bridgehead atoms. The fourth-order valence-corrected chi connectivity index (χ4v) is 1.34. The molecule has 2 aliphatic rings. The van der Waals surface area contributed by atoms with Crippen LogP contribution in [-0.2, 0) is 9.53 Å². The third kappa shape index (κ3) is 1.61. The third-order valence-corrected chi connectivity index (χ3v) is 2.08. The maximum atomic E-state index is 11.0. The van der Waals surface area contributed by atoms with Gasteiger partial charge < -0.3 is 4.74 Å². The van der Waals surface area contributed by atoms with E-state index in [2.05, 4.69) is 20.2 Å². The molecule has 0 aromatic rings. The Balaban J connectivity index is 2.08. The first kappa shape index (κ1) is 8.80. The van der Waals surface area contributed by atoms with Crippen molar-refractivity contribution in [1.29, 1.82) is 0 Å². The lowest BCUT2D eigenvalue weighted by atomic mass is 9.98. The van der Waals surface area contributed by atoms with Crippen molar-refractivity contribution in [2.24, 2.45) is 15.4 Å². The number of hydrogen-bond acceptors (Lipinski definition) is 5. The molecule has 0 atom stereocenters. The minimum Gasteiger partial charge on any atom is -0.469 e. The SMILES string of the molecule is COC(=O)CC1=CC=C2N=NN=C2C1. The van der Waals surface area contributed by atoms with Crippen LogP contribution >= 0.6 is 0 Å². The molecule has 0 fully saturated rings. The molecule has 0 N–H and O–H groups in total. The van der Waals surface area contributed by atoms with Gasteiger partial charge in [0.25, 0.3) is 0 Å². The lowest BCUT2D eigenvalue weighted by Crippen LogP contribution is -2.09. The minimum atomic E-state index is -0.236. The maximum Gasteiger partial charge on any atom is 0.309 e. The van der Waals surface area contributed by atoms with Gasteiger partial charge >= 0.3 is 5.97 Å². The highest BCUT2D eigenvalue weighted by molar-refractivity contribution is 6.03. The quantitative estimate of drug-likeness (QED) is 0.622. The molecule has 0 unspecified atom stereocenters. The van der Waals surface area contributed by atoms with Crippen molar-refractivity contribution >= 4 is 11.7 Å². The number of carbonyl (C=O) groups is 1. The zero-order valence-electron chi connectivity index (χ0n) is 7.73. The first-order valence-corrected chi connectivity index (χ1v) is 4.24. The van der Waals surface area contributed by atoms with E-state index in [1.165, 1.54) is 7.11 Å². The number of hydrogen-bond donors (Lipinski definition) is 0. The van der Waals surface area contributed by atoms with Crippen LogP contribution in [0.4, 0.5) is 0 Å². The highest BCUT2D eigenvalue weighted by atomic mass is 16.5. The van der Waals surface area contributed by atoms with Crippen molar-refractivity contribution in [2.45, 2.75) is 12.8 Å². The number of nitrogens with zero attached hydrogens (tertiary/aromatic N) is 3. The summed E-state index contributed by atoms with van der Waals surface area (Å²) >= 11 is 0. The summed E-state index contributed by atoms with van der Waals surface area (Å²) in [4.78, 5) is 11.0. The zero-order valence-corrected chi connectivity index (χ0v) is 7.73. The van der Waals surface area contributed by atoms with Crippen molar-refractivity contribution < 1.29 is 9.53 Å². The largest absolute Gasteiger partial charge is 0.469 e. The smallest absolute Gasteiger partial charge is 0.309 e. The predicted molar refractivity (Wildman–Crippen MR) is 49.7 cm³/mol. The Morgan fingerprint density at radius 1 is 1.57 bits per heavy atom. The Bertz CT molecular complexity index is 391. The van der Waals surface area contributed by atoms with Crippen LogP contribution in [0, 0.1) is 0 Å². The third-order valence-electron chi connectivity index (χ3n) is 2.08. The Hall–Kier alpha value is -1.78. The normalized spacial score (nSPS) is 18.2. The number of fused-ring (bicyclic) bond motifs is 1. The van der Waals surface area contributed by atoms with Crippen LogP contribution in [0.2, 0.25) is 0 Å². The predicted octanol–water partition coefficient (Wildman–Crippen LogP) is 1.59. The molecular formula is C9H9N3O2. The molecule has 0 spiro atoms. The van der Waals surface area contributed by atoms with Crippen LogP contribution in [0.25, 0.3) is 0 Å². The molecule has 0 saturated carbocycles. The summed E-state index contributed by atoms with van der Waals surface area (Å²) in [6, 6.07) is 0. The molecule has 5 nitrogen and oxygen atoms in total. The molecule has 0 saturated heterocycles. The van der Waals surface area contributed by atoms with Crippen LogP contribution in [0.1, 0.15) is 12.8 Å². The zero-order chi connectivity index (χ0) is 9.97. The summed E-state index contributed by atoms with van der Waals surface area (Å²) in [5.74, 6) is -0.236. The lowest BCUT2D eigenvalue weighted by molar-refractivity contribution is -0.139. The van der Waals surface area contributed by atoms with Crippen molar-refractivity contribution in [3.63, 3.8) is 0 Å². The van der Waals surface area contributed by atoms with Gasteiger partial charge in [0.05, 0.1) is 19.2 Å². The number of allylic oxidation sites excluding steroid dienone is 3. The van der Waals surface area contributed by atoms with Crippen LogP contribution in [0.15, 0.2) is 38.9 Å². The highest BCUT2D eigenvalue weighted by Crippen LogP contribution is 2.23. The van der Waals surface area contributed by atoms with E-state index in [0.29, 0.717) is 12.8 Å². The summed E-state index contributed by atoms with van der Waals surface area (Å²) in [7, 11) is 1.38. The monoisotopic (exact) mass is 191 g/mol. The van der Waals surface area contributed by atoms with Crippen molar-refractivity contribution in [3.8, 4) is 0 Å². The van der Waals surface area contributed by atoms with E-state index in [-0.39, 0.29) is 5.97 Å². The molecule has 1 heterocycles. The van der Waals surface area contributed by atoms with Crippen LogP contribution in [0.5, 0.6) is 0 Å². The average Bonchev–Trinajstić information content (AvgIpc) is 2.64. The van der Waals surface area contributed by atoms with Crippen LogP contribution in [0.3, 0.4) is 0 Å². The highest BCUT2D eigenvalue weighted by Gasteiger charge is 2.18. The number of esters is 1. The van der Waals surface area contributed by atoms with Gasteiger partial charge in [-0.1, -0.05) is 11.6 Å². The Kier molecular flexibility index (Phi) is 2.22. The summed E-state index contributed by atoms with van der Waals surface area (Å²) in [5, 5.41) is 11.2. The first-order valence-electron chi connectivity index (χ1n) is 4.24. The molecule has 0 aromatic heterocycles. The fourth-order valence-electron chi connectivity index (χ4n) is 1.34. The average molecular weight is 191 g/mol. The fraction of sp³-hybridized carbons (Fsp3) is 0.333. The molecule has 5 heteroatoms. The molecule has 1 aliphatic carbocycles. The summed E-state index contributed by atoms with van der Waals surface area (Å²) in [5.41, 5.74) is 2.59. The van der Waals surface area contributed by atoms with E-state index < -0.39 is 0 Å². The first-order chi connectivity index (χ1) is 6.79. The van der Waals surface area contributed by atoms with Gasteiger partial charge in [0, 0.05) is 6.42 Å². The van der Waals surface area contributed by atoms with Crippen molar-refractivity contribution in [2.75, 3.05) is 7.11 Å². The van der Waals surface area contributed by atoms with Crippen molar-refractivity contribution in [3.05, 3.63) is 23.4 Å². The topological polar surface area (TPSA) is 63.4 Å². The molecule has 0 aromatic carbocycles. The van der Waals surface area contributed by atoms with E-state index in [4.69, 9.17) is 0 Å². The maximum absolute atomic E-state index is 11.0. The van der Waals surface area contributed by atoms with E-state index in [0.717, 1.165) is 17.0 Å². The van der Waals surface area contributed by atoms with Gasteiger partial charge in [-0.2, -0.15) is 0 Å². The van der Waals surface area contributed by atoms with E-state index >= 15 is 0 Å². The molecule has 0 amide bonds. The molecule has 14 heavy (non-hydrogen) atoms. The second-order valence-corrected chi connectivity index (χ2v) is 3.04. The van der Waals surface area contributed by atoms with Gasteiger partial charge in [-0.05, 0) is 11.3 Å². The van der Waals surface area contributed by atoms with Crippen LogP contribution in [-0.4, -0.2) is 18.8 Å². The van der Waals surface area contributed by atoms with Gasteiger partial charge in [0.15, 0.2) is 0 Å². The minimum absolute atomic E-state index is 0.236. The van der Waals surface area contributed by atoms with Gasteiger partial charge in [-0.25, -0.2) is 0 Å². The number of rotatable bonds is 2. The lowest BCUT2D eigenvalue weighted by Gasteiger charge is -2.09. The Morgan fingerprint density at radius 2 is 2.43 bits per heavy atom. The molecule has 72 valence electrons. The van der Waals surface area contributed by atoms with E-state index in [1.54, 1.807) is 0 Å². The Morgan fingerprint density at radius 3 is 3.21 bits per heavy atom. The summed E-state index contributed by atoms with van der Waals surface area (Å²) in [6.45, 7) is 0. The number of carbonyl (C=O) groups excluding carboxylic acids is 1. The summed E-state index contributed by atoms with van der Waals surface area (Å²) < 4.78 is 4.58. The van der Waals surface area contributed by atoms with E-state index in [1.807, 2.05) is 12.2 Å². The molecule has 1 aliphatic heterocycles. The molecule has 2 rings (SSSR count). The second-order valence-electron chi connectivity index (χ2n) is 3.04. The number of methoxy groups -OCH3 is 1.